The number of hydrogen-bond acceptors (Lipinski definition) is 6. The van der Waals surface area contributed by atoms with Gasteiger partial charge >= 0.3 is 0 Å². The summed E-state index contributed by atoms with van der Waals surface area (Å²) in [6, 6.07) is 14.9. The molecule has 0 saturated heterocycles. The molecular weight excluding hydrogens is 460 g/mol. The Hall–Kier alpha value is -3.57. The van der Waals surface area contributed by atoms with E-state index in [9.17, 15) is 10.1 Å². The highest BCUT2D eigenvalue weighted by Crippen LogP contribution is 2.42. The molecule has 1 aliphatic heterocycles. The minimum Gasteiger partial charge on any atom is -0.496 e. The molecule has 0 amide bonds. The van der Waals surface area contributed by atoms with Crippen LogP contribution in [0.2, 0.25) is 0 Å². The van der Waals surface area contributed by atoms with Crippen molar-refractivity contribution in [2.24, 2.45) is 5.73 Å². The van der Waals surface area contributed by atoms with Gasteiger partial charge in [-0.3, -0.25) is 9.78 Å². The molecule has 3 heterocycles. The molecule has 1 atom stereocenters. The number of methoxy groups -OCH3 is 1. The average molecular weight is 479 g/mol. The predicted molar refractivity (Wildman–Crippen MR) is 119 cm³/mol. The molecule has 1 aliphatic rings. The zero-order valence-corrected chi connectivity index (χ0v) is 18.5. The van der Waals surface area contributed by atoms with E-state index in [-0.39, 0.29) is 17.0 Å². The Labute approximate surface area is 187 Å². The fraction of sp³-hybridized carbons (Fsp3) is 0.174. The van der Waals surface area contributed by atoms with Crippen molar-refractivity contribution in [3.8, 4) is 17.6 Å². The second-order valence-electron chi connectivity index (χ2n) is 7.09. The molecule has 2 aromatic heterocycles. The van der Waals surface area contributed by atoms with Gasteiger partial charge in [-0.05, 0) is 52.7 Å². The van der Waals surface area contributed by atoms with Gasteiger partial charge in [0.2, 0.25) is 5.88 Å². The zero-order valence-electron chi connectivity index (χ0n) is 16.9. The summed E-state index contributed by atoms with van der Waals surface area (Å²) in [7, 11) is 1.57. The quantitative estimate of drug-likeness (QED) is 0.614. The van der Waals surface area contributed by atoms with Gasteiger partial charge in [0, 0.05) is 18.0 Å². The molecule has 0 radical (unpaired) electrons. The van der Waals surface area contributed by atoms with Gasteiger partial charge in [-0.25, -0.2) is 0 Å². The first-order valence-corrected chi connectivity index (χ1v) is 10.3. The molecule has 0 unspecified atom stereocenters. The van der Waals surface area contributed by atoms with Gasteiger partial charge in [-0.1, -0.05) is 12.1 Å². The lowest BCUT2D eigenvalue weighted by molar-refractivity contribution is 0.388. The van der Waals surface area contributed by atoms with E-state index < -0.39 is 5.92 Å². The molecule has 1 aromatic carbocycles. The summed E-state index contributed by atoms with van der Waals surface area (Å²) in [5.74, 6) is 0.323. The number of nitriles is 1. The number of allylic oxidation sites excluding steroid dienone is 1. The molecule has 4 rings (SSSR count). The van der Waals surface area contributed by atoms with Crippen LogP contribution in [-0.2, 0) is 6.54 Å². The predicted octanol–water partition coefficient (Wildman–Crippen LogP) is 3.59. The minimum absolute atomic E-state index is 0.00628. The summed E-state index contributed by atoms with van der Waals surface area (Å²) in [6.07, 6.45) is 1.69. The Kier molecular flexibility index (Phi) is 5.53. The molecule has 0 fully saturated rings. The van der Waals surface area contributed by atoms with Crippen LogP contribution in [0.25, 0.3) is 0 Å². The van der Waals surface area contributed by atoms with E-state index in [2.05, 4.69) is 27.0 Å². The fourth-order valence-corrected chi connectivity index (χ4v) is 4.29. The van der Waals surface area contributed by atoms with Gasteiger partial charge in [0.1, 0.15) is 23.1 Å². The van der Waals surface area contributed by atoms with Gasteiger partial charge in [0.15, 0.2) is 0 Å². The van der Waals surface area contributed by atoms with E-state index in [0.29, 0.717) is 33.8 Å². The third-order valence-electron chi connectivity index (χ3n) is 5.25. The number of pyridine rings is 2. The summed E-state index contributed by atoms with van der Waals surface area (Å²) in [5, 5.41) is 9.82. The second-order valence-corrected chi connectivity index (χ2v) is 7.95. The Morgan fingerprint density at radius 2 is 2.13 bits per heavy atom. The lowest BCUT2D eigenvalue weighted by atomic mass is 9.84. The van der Waals surface area contributed by atoms with E-state index in [1.807, 2.05) is 37.3 Å². The molecule has 31 heavy (non-hydrogen) atoms. The van der Waals surface area contributed by atoms with Crippen LogP contribution in [0.4, 0.5) is 0 Å². The molecule has 0 saturated carbocycles. The van der Waals surface area contributed by atoms with E-state index in [0.717, 1.165) is 11.3 Å². The van der Waals surface area contributed by atoms with Gasteiger partial charge in [0.05, 0.1) is 35.3 Å². The summed E-state index contributed by atoms with van der Waals surface area (Å²) >= 11 is 3.48. The van der Waals surface area contributed by atoms with Crippen LogP contribution in [0.1, 0.15) is 28.4 Å². The summed E-state index contributed by atoms with van der Waals surface area (Å²) < 4.78 is 13.3. The molecular formula is C23H19BrN4O3. The number of halogens is 1. The van der Waals surface area contributed by atoms with Crippen LogP contribution in [0.3, 0.4) is 0 Å². The van der Waals surface area contributed by atoms with Gasteiger partial charge in [-0.2, -0.15) is 5.26 Å². The van der Waals surface area contributed by atoms with Crippen LogP contribution in [-0.4, -0.2) is 16.7 Å². The zero-order chi connectivity index (χ0) is 22.1. The van der Waals surface area contributed by atoms with Gasteiger partial charge < -0.3 is 19.8 Å². The summed E-state index contributed by atoms with van der Waals surface area (Å²) in [6.45, 7) is 2.13. The first-order chi connectivity index (χ1) is 14.9. The molecule has 7 nitrogen and oxygen atoms in total. The average Bonchev–Trinajstić information content (AvgIpc) is 2.76. The number of nitrogens with two attached hydrogens (primary N) is 1. The minimum atomic E-state index is -0.668. The molecule has 156 valence electrons. The van der Waals surface area contributed by atoms with Gasteiger partial charge in [-0.15, -0.1) is 0 Å². The Morgan fingerprint density at radius 3 is 2.77 bits per heavy atom. The van der Waals surface area contributed by atoms with Crippen molar-refractivity contribution in [1.29, 1.82) is 5.26 Å². The number of ether oxygens (including phenoxy) is 2. The number of hydrogen-bond donors (Lipinski definition) is 1. The summed E-state index contributed by atoms with van der Waals surface area (Å²) in [4.78, 5) is 18.0. The maximum Gasteiger partial charge on any atom is 0.259 e. The van der Waals surface area contributed by atoms with Crippen molar-refractivity contribution >= 4 is 15.9 Å². The number of aryl methyl sites for hydroxylation is 1. The number of nitrogens with zero attached hydrogens (tertiary/aromatic N) is 3. The van der Waals surface area contributed by atoms with Crippen LogP contribution < -0.4 is 20.8 Å². The lowest BCUT2D eigenvalue weighted by Gasteiger charge is -2.27. The van der Waals surface area contributed by atoms with Gasteiger partial charge in [0.25, 0.3) is 5.56 Å². The molecule has 0 bridgehead atoms. The highest BCUT2D eigenvalue weighted by atomic mass is 79.9. The first-order valence-electron chi connectivity index (χ1n) is 9.49. The second kappa shape index (κ2) is 8.28. The van der Waals surface area contributed by atoms with Crippen molar-refractivity contribution in [3.63, 3.8) is 0 Å². The van der Waals surface area contributed by atoms with E-state index in [1.54, 1.807) is 30.0 Å². The highest BCUT2D eigenvalue weighted by Gasteiger charge is 2.34. The standard InChI is InChI=1S/C23H19BrN4O3/c1-13-9-19-21(23(29)28(13)12-15-5-3-4-8-27-15)20(16(11-25)22(26)31-19)14-6-7-18(30-2)17(24)10-14/h3-10,20H,12,26H2,1-2H3/t20-/m1/s1. The molecule has 0 aliphatic carbocycles. The Bertz CT molecular complexity index is 1290. The monoisotopic (exact) mass is 478 g/mol. The van der Waals surface area contributed by atoms with E-state index >= 15 is 0 Å². The Morgan fingerprint density at radius 1 is 1.32 bits per heavy atom. The highest BCUT2D eigenvalue weighted by molar-refractivity contribution is 9.10. The van der Waals surface area contributed by atoms with E-state index in [4.69, 9.17) is 15.2 Å². The normalized spacial score (nSPS) is 15.1. The maximum atomic E-state index is 13.6. The number of fused-ring (bicyclic) bond motifs is 1. The SMILES string of the molecule is COc1ccc([C@@H]2C(C#N)=C(N)Oc3cc(C)n(Cc4ccccn4)c(=O)c32)cc1Br. The van der Waals surface area contributed by atoms with Crippen molar-refractivity contribution in [3.05, 3.63) is 97.5 Å². The van der Waals surface area contributed by atoms with Crippen molar-refractivity contribution < 1.29 is 9.47 Å². The molecule has 3 aromatic rings. The van der Waals surface area contributed by atoms with Crippen LogP contribution in [0, 0.1) is 18.3 Å². The number of rotatable bonds is 4. The van der Waals surface area contributed by atoms with Crippen molar-refractivity contribution in [1.82, 2.24) is 9.55 Å². The maximum absolute atomic E-state index is 13.6. The molecule has 0 spiro atoms. The smallest absolute Gasteiger partial charge is 0.259 e. The van der Waals surface area contributed by atoms with Crippen LogP contribution in [0.5, 0.6) is 11.5 Å². The third kappa shape index (κ3) is 3.68. The van der Waals surface area contributed by atoms with E-state index in [1.165, 1.54) is 0 Å². The summed E-state index contributed by atoms with van der Waals surface area (Å²) in [5.41, 5.74) is 8.55. The van der Waals surface area contributed by atoms with Crippen LogP contribution >= 0.6 is 15.9 Å². The number of aromatic nitrogens is 2. The fourth-order valence-electron chi connectivity index (χ4n) is 3.73. The topological polar surface area (TPSA) is 103 Å². The molecule has 8 heteroatoms. The molecule has 2 N–H and O–H groups in total. The van der Waals surface area contributed by atoms with Crippen LogP contribution in [0.15, 0.2) is 69.4 Å². The third-order valence-corrected chi connectivity index (χ3v) is 5.87. The number of benzene rings is 1. The Balaban J connectivity index is 1.93. The van der Waals surface area contributed by atoms with Crippen molar-refractivity contribution in [2.45, 2.75) is 19.4 Å². The van der Waals surface area contributed by atoms with Crippen molar-refractivity contribution in [2.75, 3.05) is 7.11 Å². The largest absolute Gasteiger partial charge is 0.496 e. The lowest BCUT2D eigenvalue weighted by Crippen LogP contribution is -2.33. The first kappa shape index (κ1) is 20.7.